The summed E-state index contributed by atoms with van der Waals surface area (Å²) in [6.45, 7) is 7.52. The number of likely N-dealkylation sites (tertiary alicyclic amines) is 1. The second kappa shape index (κ2) is 7.10. The van der Waals surface area contributed by atoms with Crippen LogP contribution in [0.3, 0.4) is 0 Å². The van der Waals surface area contributed by atoms with Crippen molar-refractivity contribution in [1.82, 2.24) is 15.1 Å². The SMILES string of the molecule is CCCCC1NCN(CCCN2CCCC2)C1=O. The molecule has 2 heterocycles. The van der Waals surface area contributed by atoms with Crippen molar-refractivity contribution < 1.29 is 4.79 Å². The highest BCUT2D eigenvalue weighted by atomic mass is 16.2. The topological polar surface area (TPSA) is 35.6 Å². The number of unbranched alkanes of at least 4 members (excludes halogenated alkanes) is 1. The second-order valence-electron chi connectivity index (χ2n) is 5.56. The molecule has 4 heteroatoms. The van der Waals surface area contributed by atoms with Gasteiger partial charge in [-0.25, -0.2) is 0 Å². The maximum atomic E-state index is 12.1. The Bertz CT molecular complexity index is 264. The Morgan fingerprint density at radius 2 is 2.00 bits per heavy atom. The maximum absolute atomic E-state index is 12.1. The van der Waals surface area contributed by atoms with E-state index in [0.717, 1.165) is 39.0 Å². The largest absolute Gasteiger partial charge is 0.329 e. The molecule has 0 spiro atoms. The van der Waals surface area contributed by atoms with E-state index in [1.807, 2.05) is 4.90 Å². The molecule has 0 bridgehead atoms. The lowest BCUT2D eigenvalue weighted by Crippen LogP contribution is -2.32. The van der Waals surface area contributed by atoms with E-state index in [1.165, 1.54) is 32.4 Å². The van der Waals surface area contributed by atoms with Crippen molar-refractivity contribution in [3.8, 4) is 0 Å². The van der Waals surface area contributed by atoms with Gasteiger partial charge in [-0.3, -0.25) is 10.1 Å². The highest BCUT2D eigenvalue weighted by Crippen LogP contribution is 2.12. The van der Waals surface area contributed by atoms with E-state index in [9.17, 15) is 4.79 Å². The van der Waals surface area contributed by atoms with Crippen LogP contribution in [0.5, 0.6) is 0 Å². The van der Waals surface area contributed by atoms with Gasteiger partial charge >= 0.3 is 0 Å². The number of carbonyl (C=O) groups is 1. The van der Waals surface area contributed by atoms with Crippen molar-refractivity contribution in [2.24, 2.45) is 0 Å². The molecule has 104 valence electrons. The second-order valence-corrected chi connectivity index (χ2v) is 5.56. The Morgan fingerprint density at radius 1 is 1.22 bits per heavy atom. The molecule has 18 heavy (non-hydrogen) atoms. The first-order valence-electron chi connectivity index (χ1n) is 7.56. The van der Waals surface area contributed by atoms with Crippen LogP contribution >= 0.6 is 0 Å². The summed E-state index contributed by atoms with van der Waals surface area (Å²) in [6.07, 6.45) is 7.13. The minimum absolute atomic E-state index is 0.0942. The predicted molar refractivity (Wildman–Crippen MR) is 73.3 cm³/mol. The standard InChI is InChI=1S/C14H27N3O/c1-2-3-7-13-14(18)17(12-15-13)11-6-10-16-8-4-5-9-16/h13,15H,2-12H2,1H3. The van der Waals surface area contributed by atoms with Crippen molar-refractivity contribution in [2.75, 3.05) is 32.8 Å². The van der Waals surface area contributed by atoms with Crippen molar-refractivity contribution in [2.45, 2.75) is 51.5 Å². The molecule has 0 saturated carbocycles. The van der Waals surface area contributed by atoms with Gasteiger partial charge in [0, 0.05) is 6.54 Å². The van der Waals surface area contributed by atoms with Crippen molar-refractivity contribution in [1.29, 1.82) is 0 Å². The van der Waals surface area contributed by atoms with Gasteiger partial charge in [0.1, 0.15) is 0 Å². The fraction of sp³-hybridized carbons (Fsp3) is 0.929. The minimum Gasteiger partial charge on any atom is -0.329 e. The third-order valence-electron chi connectivity index (χ3n) is 4.09. The summed E-state index contributed by atoms with van der Waals surface area (Å²) in [7, 11) is 0. The third kappa shape index (κ3) is 3.69. The van der Waals surface area contributed by atoms with Crippen LogP contribution in [-0.4, -0.2) is 54.6 Å². The molecule has 2 rings (SSSR count). The van der Waals surface area contributed by atoms with Crippen molar-refractivity contribution >= 4 is 5.91 Å². The van der Waals surface area contributed by atoms with Gasteiger partial charge in [-0.1, -0.05) is 19.8 Å². The molecule has 0 radical (unpaired) electrons. The van der Waals surface area contributed by atoms with E-state index < -0.39 is 0 Å². The number of nitrogens with zero attached hydrogens (tertiary/aromatic N) is 2. The Kier molecular flexibility index (Phi) is 5.45. The Hall–Kier alpha value is -0.610. The number of rotatable bonds is 7. The van der Waals surface area contributed by atoms with Gasteiger partial charge in [-0.15, -0.1) is 0 Å². The van der Waals surface area contributed by atoms with Crippen molar-refractivity contribution in [3.05, 3.63) is 0 Å². The van der Waals surface area contributed by atoms with Gasteiger partial charge in [0.25, 0.3) is 0 Å². The number of amides is 1. The summed E-state index contributed by atoms with van der Waals surface area (Å²) in [5.74, 6) is 0.324. The smallest absolute Gasteiger partial charge is 0.240 e. The van der Waals surface area contributed by atoms with Crippen LogP contribution in [0.4, 0.5) is 0 Å². The number of hydrogen-bond donors (Lipinski definition) is 1. The fourth-order valence-corrected chi connectivity index (χ4v) is 2.92. The molecule has 0 aromatic carbocycles. The monoisotopic (exact) mass is 253 g/mol. The predicted octanol–water partition coefficient (Wildman–Crippen LogP) is 1.42. The lowest BCUT2D eigenvalue weighted by molar-refractivity contribution is -0.129. The molecule has 0 aromatic heterocycles. The first-order chi connectivity index (χ1) is 8.81. The van der Waals surface area contributed by atoms with Crippen LogP contribution in [0.1, 0.15) is 45.4 Å². The number of carbonyl (C=O) groups excluding carboxylic acids is 1. The van der Waals surface area contributed by atoms with Gasteiger partial charge in [-0.2, -0.15) is 0 Å². The zero-order chi connectivity index (χ0) is 12.8. The third-order valence-corrected chi connectivity index (χ3v) is 4.09. The summed E-state index contributed by atoms with van der Waals surface area (Å²) in [4.78, 5) is 16.6. The van der Waals surface area contributed by atoms with E-state index in [2.05, 4.69) is 17.1 Å². The first-order valence-corrected chi connectivity index (χ1v) is 7.56. The fourth-order valence-electron chi connectivity index (χ4n) is 2.92. The molecule has 4 nitrogen and oxygen atoms in total. The number of nitrogens with one attached hydrogen (secondary N) is 1. The van der Waals surface area contributed by atoms with Gasteiger partial charge in [0.15, 0.2) is 0 Å². The molecule has 0 aromatic rings. The average molecular weight is 253 g/mol. The molecule has 2 fully saturated rings. The molecule has 1 N–H and O–H groups in total. The molecule has 1 atom stereocenters. The number of hydrogen-bond acceptors (Lipinski definition) is 3. The Balaban J connectivity index is 1.62. The summed E-state index contributed by atoms with van der Waals surface area (Å²) in [5.41, 5.74) is 0. The summed E-state index contributed by atoms with van der Waals surface area (Å²) < 4.78 is 0. The zero-order valence-corrected chi connectivity index (χ0v) is 11.7. The van der Waals surface area contributed by atoms with E-state index >= 15 is 0 Å². The van der Waals surface area contributed by atoms with Gasteiger partial charge in [-0.05, 0) is 45.3 Å². The van der Waals surface area contributed by atoms with Crippen LogP contribution in [0, 0.1) is 0 Å². The van der Waals surface area contributed by atoms with Gasteiger partial charge in [0.05, 0.1) is 12.7 Å². The van der Waals surface area contributed by atoms with Crippen LogP contribution in [0.15, 0.2) is 0 Å². The summed E-state index contributed by atoms with van der Waals surface area (Å²) in [6, 6.07) is 0.0942. The zero-order valence-electron chi connectivity index (χ0n) is 11.7. The van der Waals surface area contributed by atoms with E-state index in [-0.39, 0.29) is 6.04 Å². The maximum Gasteiger partial charge on any atom is 0.240 e. The Morgan fingerprint density at radius 3 is 2.72 bits per heavy atom. The average Bonchev–Trinajstić information content (AvgIpc) is 2.99. The molecule has 2 aliphatic heterocycles. The van der Waals surface area contributed by atoms with Gasteiger partial charge < -0.3 is 9.80 Å². The quantitative estimate of drug-likeness (QED) is 0.745. The van der Waals surface area contributed by atoms with Gasteiger partial charge in [0.2, 0.25) is 5.91 Å². The molecule has 2 saturated heterocycles. The molecular weight excluding hydrogens is 226 g/mol. The lowest BCUT2D eigenvalue weighted by Gasteiger charge is -2.18. The van der Waals surface area contributed by atoms with Crippen LogP contribution in [0.25, 0.3) is 0 Å². The van der Waals surface area contributed by atoms with E-state index in [4.69, 9.17) is 0 Å². The molecule has 2 aliphatic rings. The summed E-state index contributed by atoms with van der Waals surface area (Å²) in [5, 5.41) is 3.33. The lowest BCUT2D eigenvalue weighted by atomic mass is 10.1. The van der Waals surface area contributed by atoms with Crippen molar-refractivity contribution in [3.63, 3.8) is 0 Å². The molecule has 0 aliphatic carbocycles. The normalized spacial score (nSPS) is 25.3. The highest BCUT2D eigenvalue weighted by Gasteiger charge is 2.29. The first kappa shape index (κ1) is 13.8. The minimum atomic E-state index is 0.0942. The van der Waals surface area contributed by atoms with Crippen LogP contribution < -0.4 is 5.32 Å². The van der Waals surface area contributed by atoms with Crippen LogP contribution in [-0.2, 0) is 4.79 Å². The highest BCUT2D eigenvalue weighted by molar-refractivity contribution is 5.83. The van der Waals surface area contributed by atoms with E-state index in [1.54, 1.807) is 0 Å². The molecule has 1 amide bonds. The van der Waals surface area contributed by atoms with Crippen LogP contribution in [0.2, 0.25) is 0 Å². The molecule has 1 unspecified atom stereocenters. The molecular formula is C14H27N3O. The van der Waals surface area contributed by atoms with E-state index in [0.29, 0.717) is 5.91 Å². The summed E-state index contributed by atoms with van der Waals surface area (Å²) >= 11 is 0. The Labute approximate surface area is 111 Å².